The lowest BCUT2D eigenvalue weighted by Crippen LogP contribution is -2.41. The highest BCUT2D eigenvalue weighted by atomic mass is 19.4. The van der Waals surface area contributed by atoms with E-state index in [1.54, 1.807) is 6.07 Å². The van der Waals surface area contributed by atoms with E-state index in [0.717, 1.165) is 12.3 Å². The van der Waals surface area contributed by atoms with Crippen molar-refractivity contribution in [3.05, 3.63) is 53.2 Å². The highest BCUT2D eigenvalue weighted by molar-refractivity contribution is 6.07. The molecule has 0 bridgehead atoms. The summed E-state index contributed by atoms with van der Waals surface area (Å²) in [6, 6.07) is 6.68. The van der Waals surface area contributed by atoms with Crippen molar-refractivity contribution in [1.29, 1.82) is 0 Å². The predicted octanol–water partition coefficient (Wildman–Crippen LogP) is 4.01. The van der Waals surface area contributed by atoms with Gasteiger partial charge in [0.2, 0.25) is 11.8 Å². The fourth-order valence-electron chi connectivity index (χ4n) is 4.03. The second-order valence-electron chi connectivity index (χ2n) is 7.30. The monoisotopic (exact) mass is 406 g/mol. The van der Waals surface area contributed by atoms with E-state index < -0.39 is 23.1 Å². The summed E-state index contributed by atoms with van der Waals surface area (Å²) in [5.41, 5.74) is -0.251. The molecule has 2 N–H and O–H groups in total. The Bertz CT molecular complexity index is 965. The second kappa shape index (κ2) is 6.75. The van der Waals surface area contributed by atoms with E-state index in [2.05, 4.69) is 10.3 Å². The van der Waals surface area contributed by atoms with Crippen LogP contribution in [-0.4, -0.2) is 28.1 Å². The van der Waals surface area contributed by atoms with Crippen LogP contribution in [0, 0.1) is 0 Å². The average Bonchev–Trinajstić information content (AvgIpc) is 2.94. The van der Waals surface area contributed by atoms with Crippen molar-refractivity contribution < 1.29 is 32.6 Å². The summed E-state index contributed by atoms with van der Waals surface area (Å²) < 4.78 is 43.6. The van der Waals surface area contributed by atoms with Gasteiger partial charge in [-0.05, 0) is 55.5 Å². The zero-order chi connectivity index (χ0) is 20.8. The molecule has 0 atom stereocenters. The zero-order valence-corrected chi connectivity index (χ0v) is 15.1. The Labute approximate surface area is 163 Å². The molecule has 2 aliphatic rings. The van der Waals surface area contributed by atoms with E-state index in [1.807, 2.05) is 0 Å². The Morgan fingerprint density at radius 2 is 1.93 bits per heavy atom. The summed E-state index contributed by atoms with van der Waals surface area (Å²) in [6.07, 6.45) is -2.14. The number of amides is 1. The van der Waals surface area contributed by atoms with Crippen molar-refractivity contribution in [2.75, 3.05) is 5.32 Å². The number of carbonyl (C=O) groups excluding carboxylic acids is 1. The number of hydrogen-bond donors (Lipinski definition) is 2. The third-order valence-corrected chi connectivity index (χ3v) is 5.60. The molecule has 1 saturated carbocycles. The SMILES string of the molecule is O=C(O)c1ccc2c(c1)C1(CCC(Oc3ccc(C(F)(F)F)cn3)CC1)C(=O)N2. The number of benzene rings is 1. The number of rotatable bonds is 3. The first-order chi connectivity index (χ1) is 13.7. The standard InChI is InChI=1S/C20H17F3N2O4/c21-20(22,23)12-2-4-16(24-10-12)29-13-5-7-19(8-6-13)14-9-11(17(26)27)1-3-15(14)25-18(19)28/h1-4,9-10,13H,5-8H2,(H,25,28)(H,26,27). The first-order valence-electron chi connectivity index (χ1n) is 9.08. The van der Waals surface area contributed by atoms with Crippen molar-refractivity contribution >= 4 is 17.6 Å². The smallest absolute Gasteiger partial charge is 0.417 e. The molecule has 1 fully saturated rings. The molecule has 4 rings (SSSR count). The first-order valence-corrected chi connectivity index (χ1v) is 9.08. The number of hydrogen-bond acceptors (Lipinski definition) is 4. The van der Waals surface area contributed by atoms with Crippen LogP contribution in [0.15, 0.2) is 36.5 Å². The Morgan fingerprint density at radius 3 is 2.52 bits per heavy atom. The van der Waals surface area contributed by atoms with Gasteiger partial charge in [0.25, 0.3) is 0 Å². The second-order valence-corrected chi connectivity index (χ2v) is 7.30. The molecule has 29 heavy (non-hydrogen) atoms. The molecule has 1 aromatic carbocycles. The number of ether oxygens (including phenoxy) is 1. The lowest BCUT2D eigenvalue weighted by atomic mass is 9.69. The van der Waals surface area contributed by atoms with Gasteiger partial charge in [-0.1, -0.05) is 0 Å². The van der Waals surface area contributed by atoms with Crippen LogP contribution in [0.1, 0.15) is 47.2 Å². The lowest BCUT2D eigenvalue weighted by Gasteiger charge is -2.35. The quantitative estimate of drug-likeness (QED) is 0.804. The number of alkyl halides is 3. The molecule has 2 heterocycles. The fourth-order valence-corrected chi connectivity index (χ4v) is 4.03. The first kappa shape index (κ1) is 19.2. The molecule has 2 aromatic rings. The molecule has 9 heteroatoms. The Kier molecular flexibility index (Phi) is 4.48. The summed E-state index contributed by atoms with van der Waals surface area (Å²) in [5, 5.41) is 12.1. The Balaban J connectivity index is 1.48. The van der Waals surface area contributed by atoms with Crippen molar-refractivity contribution in [2.24, 2.45) is 0 Å². The third kappa shape index (κ3) is 3.41. The predicted molar refractivity (Wildman–Crippen MR) is 95.8 cm³/mol. The molecule has 0 saturated heterocycles. The average molecular weight is 406 g/mol. The number of fused-ring (bicyclic) bond motifs is 2. The minimum atomic E-state index is -4.46. The molecular formula is C20H17F3N2O4. The van der Waals surface area contributed by atoms with Gasteiger partial charge in [-0.15, -0.1) is 0 Å². The van der Waals surface area contributed by atoms with Gasteiger partial charge in [-0.25, -0.2) is 9.78 Å². The van der Waals surface area contributed by atoms with E-state index in [9.17, 15) is 27.9 Å². The van der Waals surface area contributed by atoms with E-state index in [1.165, 1.54) is 18.2 Å². The molecule has 1 aliphatic carbocycles. The fraction of sp³-hybridized carbons (Fsp3) is 0.350. The van der Waals surface area contributed by atoms with Crippen LogP contribution >= 0.6 is 0 Å². The lowest BCUT2D eigenvalue weighted by molar-refractivity contribution is -0.137. The normalized spacial score (nSPS) is 23.6. The highest BCUT2D eigenvalue weighted by Crippen LogP contribution is 2.48. The summed E-state index contributed by atoms with van der Waals surface area (Å²) in [6.45, 7) is 0. The minimum Gasteiger partial charge on any atom is -0.478 e. The van der Waals surface area contributed by atoms with E-state index >= 15 is 0 Å². The van der Waals surface area contributed by atoms with Crippen molar-refractivity contribution in [2.45, 2.75) is 43.4 Å². The number of carboxylic acid groups (broad SMARTS) is 1. The Morgan fingerprint density at radius 1 is 1.21 bits per heavy atom. The topological polar surface area (TPSA) is 88.5 Å². The van der Waals surface area contributed by atoms with Crippen LogP contribution in [0.3, 0.4) is 0 Å². The van der Waals surface area contributed by atoms with Crippen LogP contribution in [0.4, 0.5) is 18.9 Å². The van der Waals surface area contributed by atoms with Gasteiger partial charge in [-0.2, -0.15) is 13.2 Å². The van der Waals surface area contributed by atoms with Crippen LogP contribution in [0.25, 0.3) is 0 Å². The van der Waals surface area contributed by atoms with Crippen LogP contribution in [0.2, 0.25) is 0 Å². The number of nitrogens with zero attached hydrogens (tertiary/aromatic N) is 1. The van der Waals surface area contributed by atoms with Gasteiger partial charge in [0, 0.05) is 18.0 Å². The maximum absolute atomic E-state index is 12.7. The number of anilines is 1. The zero-order valence-electron chi connectivity index (χ0n) is 15.1. The summed E-state index contributed by atoms with van der Waals surface area (Å²) in [5.74, 6) is -1.13. The molecule has 1 aromatic heterocycles. The van der Waals surface area contributed by atoms with Gasteiger partial charge in [0.05, 0.1) is 16.5 Å². The van der Waals surface area contributed by atoms with Crippen molar-refractivity contribution in [3.8, 4) is 5.88 Å². The number of nitrogens with one attached hydrogen (secondary N) is 1. The molecule has 152 valence electrons. The molecule has 0 radical (unpaired) electrons. The maximum Gasteiger partial charge on any atom is 0.417 e. The number of aromatic nitrogens is 1. The van der Waals surface area contributed by atoms with Gasteiger partial charge in [0.15, 0.2) is 0 Å². The molecule has 1 spiro atoms. The van der Waals surface area contributed by atoms with Crippen molar-refractivity contribution in [3.63, 3.8) is 0 Å². The van der Waals surface area contributed by atoms with Gasteiger partial charge >= 0.3 is 12.1 Å². The molecule has 1 aliphatic heterocycles. The number of aromatic carboxylic acids is 1. The molecule has 1 amide bonds. The summed E-state index contributed by atoms with van der Waals surface area (Å²) >= 11 is 0. The largest absolute Gasteiger partial charge is 0.478 e. The van der Waals surface area contributed by atoms with Crippen LogP contribution in [-0.2, 0) is 16.4 Å². The summed E-state index contributed by atoms with van der Waals surface area (Å²) in [7, 11) is 0. The van der Waals surface area contributed by atoms with Gasteiger partial charge in [-0.3, -0.25) is 4.79 Å². The van der Waals surface area contributed by atoms with Gasteiger partial charge < -0.3 is 15.2 Å². The van der Waals surface area contributed by atoms with Gasteiger partial charge in [0.1, 0.15) is 6.10 Å². The number of carbonyl (C=O) groups is 2. The third-order valence-electron chi connectivity index (χ3n) is 5.60. The molecule has 6 nitrogen and oxygen atoms in total. The van der Waals surface area contributed by atoms with E-state index in [4.69, 9.17) is 4.74 Å². The molecular weight excluding hydrogens is 389 g/mol. The highest BCUT2D eigenvalue weighted by Gasteiger charge is 2.49. The molecule has 0 unspecified atom stereocenters. The van der Waals surface area contributed by atoms with E-state index in [0.29, 0.717) is 36.9 Å². The van der Waals surface area contributed by atoms with E-state index in [-0.39, 0.29) is 23.5 Å². The van der Waals surface area contributed by atoms with Crippen molar-refractivity contribution in [1.82, 2.24) is 4.98 Å². The number of halogens is 3. The van der Waals surface area contributed by atoms with Crippen LogP contribution in [0.5, 0.6) is 5.88 Å². The Hall–Kier alpha value is -3.10. The minimum absolute atomic E-state index is 0.100. The van der Waals surface area contributed by atoms with Crippen LogP contribution < -0.4 is 10.1 Å². The maximum atomic E-state index is 12.7. The summed E-state index contributed by atoms with van der Waals surface area (Å²) in [4.78, 5) is 27.7. The number of pyridine rings is 1. The number of carboxylic acids is 1.